The largest absolute Gasteiger partial charge is 0.545 e. The number of thiol groups is 2. The second-order valence-corrected chi connectivity index (χ2v) is 10.2. The van der Waals surface area contributed by atoms with E-state index in [-0.39, 0.29) is 11.1 Å². The van der Waals surface area contributed by atoms with Crippen LogP contribution in [0.5, 0.6) is 0 Å². The predicted molar refractivity (Wildman–Crippen MR) is 151 cm³/mol. The molecule has 5 aromatic carbocycles. The van der Waals surface area contributed by atoms with Gasteiger partial charge in [-0.25, -0.2) is 0 Å². The summed E-state index contributed by atoms with van der Waals surface area (Å²) in [5, 5.41) is 20.6. The van der Waals surface area contributed by atoms with Crippen LogP contribution in [0, 0.1) is 0 Å². The maximum atomic E-state index is 10.3. The van der Waals surface area contributed by atoms with Crippen molar-refractivity contribution >= 4 is 35.5 Å². The molecular formula is C32H26O4S2. The Kier molecular flexibility index (Phi) is 11.7. The molecule has 4 nitrogen and oxygen atoms in total. The third kappa shape index (κ3) is 10.0. The first-order chi connectivity index (χ1) is 18.5. The Morgan fingerprint density at radius 1 is 0.368 bits per heavy atom. The molecule has 6 heteroatoms. The van der Waals surface area contributed by atoms with E-state index in [1.54, 1.807) is 0 Å². The molecule has 0 N–H and O–H groups in total. The lowest BCUT2D eigenvalue weighted by atomic mass is 10.1. The Labute approximate surface area is 231 Å². The Hall–Kier alpha value is -4.26. The smallest absolute Gasteiger partial charge is 0.158 e. The van der Waals surface area contributed by atoms with Crippen LogP contribution in [0.3, 0.4) is 0 Å². The van der Waals surface area contributed by atoms with E-state index in [9.17, 15) is 19.8 Å². The molecule has 0 bridgehead atoms. The molecule has 0 spiro atoms. The summed E-state index contributed by atoms with van der Waals surface area (Å²) in [6.45, 7) is 0. The van der Waals surface area contributed by atoms with E-state index in [2.05, 4.69) is 97.1 Å². The predicted octanol–water partition coefficient (Wildman–Crippen LogP) is 4.25. The first kappa shape index (κ1) is 28.3. The van der Waals surface area contributed by atoms with Crippen molar-refractivity contribution in [3.8, 4) is 0 Å². The molecule has 5 rings (SSSR count). The third-order valence-corrected chi connectivity index (χ3v) is 7.13. The Morgan fingerprint density at radius 2 is 0.579 bits per heavy atom. The van der Waals surface area contributed by atoms with Gasteiger partial charge in [0, 0.05) is 34.7 Å². The fraction of sp³-hybridized carbons (Fsp3) is 0. The minimum absolute atomic E-state index is 0.363. The number of rotatable bonds is 6. The van der Waals surface area contributed by atoms with Gasteiger partial charge in [-0.1, -0.05) is 97.1 Å². The second kappa shape index (κ2) is 15.8. The summed E-state index contributed by atoms with van der Waals surface area (Å²) < 4.78 is 0. The lowest BCUT2D eigenvalue weighted by Crippen LogP contribution is -2.29. The molecule has 0 unspecified atom stereocenters. The molecule has 0 amide bonds. The number of hydrogen-bond acceptors (Lipinski definition) is 4. The van der Waals surface area contributed by atoms with Gasteiger partial charge in [0.05, 0.1) is 11.9 Å². The summed E-state index contributed by atoms with van der Waals surface area (Å²) >= 11 is 2.56. The number of carbonyl (C=O) groups excluding carboxylic acids is 2. The minimum Gasteiger partial charge on any atom is -0.545 e. The van der Waals surface area contributed by atoms with Gasteiger partial charge in [0.1, 0.15) is 0 Å². The topological polar surface area (TPSA) is 80.3 Å². The van der Waals surface area contributed by atoms with Gasteiger partial charge in [-0.3, -0.25) is 0 Å². The third-order valence-electron chi connectivity index (χ3n) is 4.91. The van der Waals surface area contributed by atoms with Crippen molar-refractivity contribution in [2.75, 3.05) is 0 Å². The van der Waals surface area contributed by atoms with E-state index in [1.165, 1.54) is 55.2 Å². The van der Waals surface area contributed by atoms with Gasteiger partial charge < -0.3 is 19.8 Å². The SMILES string of the molecule is O=C([O-])c1ccccc1C(=O)[O-].c1ccc([SH+]c2ccccc2)cc1.c1ccc([SH+]c2ccccc2)cc1. The highest BCUT2D eigenvalue weighted by Crippen LogP contribution is 2.12. The van der Waals surface area contributed by atoms with Crippen LogP contribution in [0.15, 0.2) is 165 Å². The summed E-state index contributed by atoms with van der Waals surface area (Å²) in [5.74, 6) is -3.04. The standard InChI is InChI=1S/2C12H10S.C8H6O4/c2*1-3-7-11(8-4-1)13-12-9-5-2-6-10-12;9-7(10)5-3-1-2-4-6(5)8(11)12/h2*1-10H;1-4H,(H,9,10)(H,11,12). The van der Waals surface area contributed by atoms with Gasteiger partial charge >= 0.3 is 0 Å². The highest BCUT2D eigenvalue weighted by atomic mass is 32.2. The molecule has 0 radical (unpaired) electrons. The van der Waals surface area contributed by atoms with Gasteiger partial charge in [0.2, 0.25) is 0 Å². The number of carboxylic acid groups (broad SMARTS) is 2. The van der Waals surface area contributed by atoms with Gasteiger partial charge in [-0.15, -0.1) is 0 Å². The van der Waals surface area contributed by atoms with Crippen molar-refractivity contribution in [1.29, 1.82) is 0 Å². The lowest BCUT2D eigenvalue weighted by Gasteiger charge is -2.09. The van der Waals surface area contributed by atoms with Crippen LogP contribution < -0.4 is 10.2 Å². The molecule has 0 aliphatic rings. The van der Waals surface area contributed by atoms with E-state index in [4.69, 9.17) is 0 Å². The van der Waals surface area contributed by atoms with Crippen molar-refractivity contribution in [2.45, 2.75) is 19.6 Å². The monoisotopic (exact) mass is 538 g/mol. The van der Waals surface area contributed by atoms with Crippen molar-refractivity contribution in [3.05, 3.63) is 157 Å². The fourth-order valence-corrected chi connectivity index (χ4v) is 5.03. The van der Waals surface area contributed by atoms with Crippen LogP contribution in [0.1, 0.15) is 20.7 Å². The molecule has 0 aliphatic heterocycles. The fourth-order valence-electron chi connectivity index (χ4n) is 3.15. The van der Waals surface area contributed by atoms with E-state index in [0.29, 0.717) is 0 Å². The van der Waals surface area contributed by atoms with Crippen LogP contribution in [-0.2, 0) is 23.5 Å². The van der Waals surface area contributed by atoms with Gasteiger partial charge in [-0.05, 0) is 48.5 Å². The summed E-state index contributed by atoms with van der Waals surface area (Å²) in [6.07, 6.45) is 0. The van der Waals surface area contributed by atoms with Crippen LogP contribution in [0.2, 0.25) is 0 Å². The van der Waals surface area contributed by atoms with Crippen molar-refractivity contribution < 1.29 is 19.8 Å². The van der Waals surface area contributed by atoms with E-state index < -0.39 is 11.9 Å². The highest BCUT2D eigenvalue weighted by Gasteiger charge is 2.04. The molecule has 5 aromatic rings. The van der Waals surface area contributed by atoms with Crippen molar-refractivity contribution in [1.82, 2.24) is 0 Å². The second-order valence-electron chi connectivity index (χ2n) is 7.69. The first-order valence-corrected chi connectivity index (χ1v) is 13.5. The molecule has 0 saturated carbocycles. The van der Waals surface area contributed by atoms with Gasteiger partial charge in [0.15, 0.2) is 19.6 Å². The molecular weight excluding hydrogens is 512 g/mol. The van der Waals surface area contributed by atoms with Gasteiger partial charge in [-0.2, -0.15) is 0 Å². The van der Waals surface area contributed by atoms with Crippen molar-refractivity contribution in [3.63, 3.8) is 0 Å². The van der Waals surface area contributed by atoms with E-state index in [0.717, 1.165) is 12.1 Å². The Balaban J connectivity index is 0.000000158. The number of hydrogen-bond donors (Lipinski definition) is 0. The zero-order valence-corrected chi connectivity index (χ0v) is 22.2. The molecule has 0 atom stereocenters. The number of carbonyl (C=O) groups is 2. The van der Waals surface area contributed by atoms with Crippen LogP contribution in [0.4, 0.5) is 0 Å². The summed E-state index contributed by atoms with van der Waals surface area (Å²) in [7, 11) is 0. The summed E-state index contributed by atoms with van der Waals surface area (Å²) in [6, 6.07) is 47.1. The number of aromatic carboxylic acids is 2. The molecule has 190 valence electrons. The highest BCUT2D eigenvalue weighted by molar-refractivity contribution is 7.78. The van der Waals surface area contributed by atoms with E-state index in [1.807, 2.05) is 24.3 Å². The summed E-state index contributed by atoms with van der Waals surface area (Å²) in [5.41, 5.74) is -0.727. The quantitative estimate of drug-likeness (QED) is 0.239. The normalized spacial score (nSPS) is 9.68. The van der Waals surface area contributed by atoms with Crippen LogP contribution >= 0.6 is 0 Å². The lowest BCUT2D eigenvalue weighted by molar-refractivity contribution is -0.259. The average molecular weight is 539 g/mol. The van der Waals surface area contributed by atoms with Gasteiger partial charge in [0.25, 0.3) is 0 Å². The van der Waals surface area contributed by atoms with Crippen LogP contribution in [-0.4, -0.2) is 11.9 Å². The molecule has 0 fully saturated rings. The minimum atomic E-state index is -1.52. The maximum Gasteiger partial charge on any atom is 0.158 e. The molecule has 0 aliphatic carbocycles. The van der Waals surface area contributed by atoms with E-state index >= 15 is 0 Å². The molecule has 38 heavy (non-hydrogen) atoms. The zero-order chi connectivity index (χ0) is 27.0. The molecule has 0 saturated heterocycles. The van der Waals surface area contributed by atoms with Crippen LogP contribution in [0.25, 0.3) is 0 Å². The number of benzene rings is 5. The molecule has 0 aromatic heterocycles. The summed E-state index contributed by atoms with van der Waals surface area (Å²) in [4.78, 5) is 26.0. The first-order valence-electron chi connectivity index (χ1n) is 11.7. The average Bonchev–Trinajstić information content (AvgIpc) is 2.96. The van der Waals surface area contributed by atoms with Crippen molar-refractivity contribution in [2.24, 2.45) is 0 Å². The Morgan fingerprint density at radius 3 is 0.789 bits per heavy atom. The Bertz CT molecular complexity index is 1210. The number of carboxylic acids is 2. The zero-order valence-electron chi connectivity index (χ0n) is 20.4. The molecule has 0 heterocycles. The maximum absolute atomic E-state index is 10.3.